The molecule has 3 N–H and O–H groups in total. The van der Waals surface area contributed by atoms with E-state index in [-0.39, 0.29) is 24.2 Å². The number of benzene rings is 3. The average molecular weight is 452 g/mol. The summed E-state index contributed by atoms with van der Waals surface area (Å²) in [5.74, 6) is 0.707. The summed E-state index contributed by atoms with van der Waals surface area (Å²) in [6, 6.07) is 17.7. The second kappa shape index (κ2) is 9.20. The van der Waals surface area contributed by atoms with Crippen LogP contribution in [0.15, 0.2) is 65.5 Å². The van der Waals surface area contributed by atoms with Crippen LogP contribution in [0.5, 0.6) is 11.5 Å². The topological polar surface area (TPSA) is 96.2 Å². The van der Waals surface area contributed by atoms with Crippen molar-refractivity contribution in [2.45, 2.75) is 19.6 Å². The van der Waals surface area contributed by atoms with Crippen LogP contribution in [0.4, 0.5) is 0 Å². The first-order valence-corrected chi connectivity index (χ1v) is 10.4. The summed E-state index contributed by atoms with van der Waals surface area (Å²) in [5.41, 5.74) is 3.30. The first-order valence-electron chi connectivity index (χ1n) is 10.0. The van der Waals surface area contributed by atoms with Gasteiger partial charge < -0.3 is 24.8 Å². The number of imidazole rings is 1. The third-order valence-corrected chi connectivity index (χ3v) is 5.52. The fourth-order valence-electron chi connectivity index (χ4n) is 3.38. The molecule has 0 aliphatic rings. The molecule has 0 bridgehead atoms. The van der Waals surface area contributed by atoms with Gasteiger partial charge in [0.25, 0.3) is 5.91 Å². The molecule has 0 aliphatic heterocycles. The van der Waals surface area contributed by atoms with Crippen LogP contribution < -0.4 is 20.5 Å². The van der Waals surface area contributed by atoms with Gasteiger partial charge in [0.05, 0.1) is 24.2 Å². The normalized spacial score (nSPS) is 11.8. The molecule has 1 unspecified atom stereocenters. The van der Waals surface area contributed by atoms with Gasteiger partial charge in [-0.2, -0.15) is 0 Å². The van der Waals surface area contributed by atoms with Crippen molar-refractivity contribution in [3.05, 3.63) is 92.9 Å². The van der Waals surface area contributed by atoms with Crippen LogP contribution in [0, 0.1) is 0 Å². The number of carbonyl (C=O) groups excluding carboxylic acids is 1. The van der Waals surface area contributed by atoms with Crippen molar-refractivity contribution < 1.29 is 14.3 Å². The molecule has 0 radical (unpaired) electrons. The summed E-state index contributed by atoms with van der Waals surface area (Å²) in [5, 5.41) is 3.59. The van der Waals surface area contributed by atoms with Crippen LogP contribution in [-0.2, 0) is 6.61 Å². The molecule has 1 heterocycles. The van der Waals surface area contributed by atoms with Gasteiger partial charge in [-0.1, -0.05) is 35.9 Å². The van der Waals surface area contributed by atoms with E-state index in [4.69, 9.17) is 21.1 Å². The number of halogens is 1. The lowest BCUT2D eigenvalue weighted by Crippen LogP contribution is -2.26. The molecule has 0 aliphatic carbocycles. The molecule has 0 saturated carbocycles. The van der Waals surface area contributed by atoms with Crippen LogP contribution in [0.2, 0.25) is 5.02 Å². The van der Waals surface area contributed by atoms with E-state index in [9.17, 15) is 9.59 Å². The van der Waals surface area contributed by atoms with E-state index < -0.39 is 0 Å². The Balaban J connectivity index is 1.46. The van der Waals surface area contributed by atoms with Gasteiger partial charge in [-0.3, -0.25) is 4.79 Å². The van der Waals surface area contributed by atoms with E-state index in [2.05, 4.69) is 15.3 Å². The van der Waals surface area contributed by atoms with Crippen molar-refractivity contribution in [3.63, 3.8) is 0 Å². The SMILES string of the molecule is COc1cc(C(=O)NC(C)c2ccc3[nH]c(=O)[nH]c3c2)ccc1OCc1ccccc1Cl. The molecule has 0 saturated heterocycles. The highest BCUT2D eigenvalue weighted by molar-refractivity contribution is 6.31. The number of H-pyrrole nitrogens is 2. The van der Waals surface area contributed by atoms with Gasteiger partial charge >= 0.3 is 5.69 Å². The predicted molar refractivity (Wildman–Crippen MR) is 124 cm³/mol. The second-order valence-corrected chi connectivity index (χ2v) is 7.73. The van der Waals surface area contributed by atoms with Gasteiger partial charge in [0.2, 0.25) is 0 Å². The molecule has 0 fully saturated rings. The Morgan fingerprint density at radius 2 is 1.81 bits per heavy atom. The maximum absolute atomic E-state index is 12.8. The number of aromatic nitrogens is 2. The fourth-order valence-corrected chi connectivity index (χ4v) is 3.57. The zero-order valence-corrected chi connectivity index (χ0v) is 18.3. The van der Waals surface area contributed by atoms with E-state index in [0.717, 1.165) is 16.6 Å². The molecular weight excluding hydrogens is 430 g/mol. The fraction of sp³-hybridized carbons (Fsp3) is 0.167. The van der Waals surface area contributed by atoms with Crippen LogP contribution in [0.25, 0.3) is 11.0 Å². The zero-order chi connectivity index (χ0) is 22.7. The summed E-state index contributed by atoms with van der Waals surface area (Å²) >= 11 is 6.18. The van der Waals surface area contributed by atoms with Crippen LogP contribution in [-0.4, -0.2) is 23.0 Å². The molecule has 0 spiro atoms. The third-order valence-electron chi connectivity index (χ3n) is 5.15. The van der Waals surface area contributed by atoms with Crippen molar-refractivity contribution in [2.24, 2.45) is 0 Å². The number of amides is 1. The number of rotatable bonds is 7. The molecule has 4 aromatic rings. The number of methoxy groups -OCH3 is 1. The van der Waals surface area contributed by atoms with E-state index in [1.807, 2.05) is 37.3 Å². The van der Waals surface area contributed by atoms with Crippen molar-refractivity contribution in [1.29, 1.82) is 0 Å². The quantitative estimate of drug-likeness (QED) is 0.383. The highest BCUT2D eigenvalue weighted by Gasteiger charge is 2.15. The Morgan fingerprint density at radius 1 is 1.03 bits per heavy atom. The van der Waals surface area contributed by atoms with Crippen molar-refractivity contribution in [2.75, 3.05) is 7.11 Å². The standard InChI is InChI=1S/C24H22ClN3O4/c1-14(15-7-9-19-20(11-15)28-24(30)27-19)26-23(29)16-8-10-21(22(12-16)31-2)32-13-17-5-3-4-6-18(17)25/h3-12,14H,13H2,1-2H3,(H,26,29)(H2,27,28,30). The lowest BCUT2D eigenvalue weighted by atomic mass is 10.1. The predicted octanol–water partition coefficient (Wildman–Crippen LogP) is 4.59. The monoisotopic (exact) mass is 451 g/mol. The molecule has 164 valence electrons. The molecule has 3 aromatic carbocycles. The molecule has 1 amide bonds. The van der Waals surface area contributed by atoms with Crippen molar-refractivity contribution >= 4 is 28.5 Å². The number of carbonyl (C=O) groups is 1. The van der Waals surface area contributed by atoms with Crippen molar-refractivity contribution in [3.8, 4) is 11.5 Å². The molecule has 1 aromatic heterocycles. The number of ether oxygens (including phenoxy) is 2. The van der Waals surface area contributed by atoms with Gasteiger partial charge in [-0.15, -0.1) is 0 Å². The maximum atomic E-state index is 12.8. The van der Waals surface area contributed by atoms with E-state index in [1.54, 1.807) is 30.3 Å². The highest BCUT2D eigenvalue weighted by Crippen LogP contribution is 2.30. The summed E-state index contributed by atoms with van der Waals surface area (Å²) in [6.07, 6.45) is 0. The van der Waals surface area contributed by atoms with E-state index in [1.165, 1.54) is 7.11 Å². The summed E-state index contributed by atoms with van der Waals surface area (Å²) in [4.78, 5) is 29.7. The summed E-state index contributed by atoms with van der Waals surface area (Å²) in [7, 11) is 1.52. The van der Waals surface area contributed by atoms with E-state index in [0.29, 0.717) is 27.6 Å². The Hall–Kier alpha value is -3.71. The third kappa shape index (κ3) is 4.63. The molecule has 1 atom stereocenters. The van der Waals surface area contributed by atoms with Gasteiger partial charge in [0, 0.05) is 16.1 Å². The summed E-state index contributed by atoms with van der Waals surface area (Å²) in [6.45, 7) is 2.16. The Kier molecular flexibility index (Phi) is 6.18. The number of hydrogen-bond acceptors (Lipinski definition) is 4. The number of hydrogen-bond donors (Lipinski definition) is 3. The van der Waals surface area contributed by atoms with Gasteiger partial charge in [0.1, 0.15) is 6.61 Å². The van der Waals surface area contributed by atoms with Gasteiger partial charge in [-0.05, 0) is 48.9 Å². The number of fused-ring (bicyclic) bond motifs is 1. The zero-order valence-electron chi connectivity index (χ0n) is 17.6. The lowest BCUT2D eigenvalue weighted by Gasteiger charge is -2.16. The van der Waals surface area contributed by atoms with Crippen LogP contribution in [0.3, 0.4) is 0 Å². The first kappa shape index (κ1) is 21.5. The molecule has 4 rings (SSSR count). The van der Waals surface area contributed by atoms with Crippen LogP contribution >= 0.6 is 11.6 Å². The average Bonchev–Trinajstić information content (AvgIpc) is 3.17. The highest BCUT2D eigenvalue weighted by atomic mass is 35.5. The second-order valence-electron chi connectivity index (χ2n) is 7.33. The first-order chi connectivity index (χ1) is 15.4. The van der Waals surface area contributed by atoms with Crippen molar-refractivity contribution in [1.82, 2.24) is 15.3 Å². The molecule has 7 nitrogen and oxygen atoms in total. The lowest BCUT2D eigenvalue weighted by molar-refractivity contribution is 0.0939. The van der Waals surface area contributed by atoms with E-state index >= 15 is 0 Å². The number of aromatic amines is 2. The minimum atomic E-state index is -0.271. The Morgan fingerprint density at radius 3 is 2.59 bits per heavy atom. The minimum absolute atomic E-state index is 0.254. The number of nitrogens with one attached hydrogen (secondary N) is 3. The summed E-state index contributed by atoms with van der Waals surface area (Å²) < 4.78 is 11.3. The van der Waals surface area contributed by atoms with Gasteiger partial charge in [-0.25, -0.2) is 4.79 Å². The molecule has 8 heteroatoms. The minimum Gasteiger partial charge on any atom is -0.493 e. The largest absolute Gasteiger partial charge is 0.493 e. The smallest absolute Gasteiger partial charge is 0.323 e. The molecule has 32 heavy (non-hydrogen) atoms. The Labute approximate surface area is 189 Å². The maximum Gasteiger partial charge on any atom is 0.323 e. The van der Waals surface area contributed by atoms with Gasteiger partial charge in [0.15, 0.2) is 11.5 Å². The molecular formula is C24H22ClN3O4. The van der Waals surface area contributed by atoms with Crippen LogP contribution in [0.1, 0.15) is 34.5 Å². The Bertz CT molecular complexity index is 1330.